The van der Waals surface area contributed by atoms with Gasteiger partial charge in [0.15, 0.2) is 0 Å². The summed E-state index contributed by atoms with van der Waals surface area (Å²) in [6.07, 6.45) is 25.9. The van der Waals surface area contributed by atoms with E-state index in [2.05, 4.69) is 37.3 Å². The topological polar surface area (TPSA) is 31.5 Å². The van der Waals surface area contributed by atoms with Crippen LogP contribution in [0, 0.1) is 0 Å². The Bertz CT molecular complexity index is 360. The number of rotatable bonds is 18. The van der Waals surface area contributed by atoms with Crippen LogP contribution in [-0.4, -0.2) is 5.48 Å². The molecule has 1 rings (SSSR count). The third kappa shape index (κ3) is 16.6. The lowest BCUT2D eigenvalue weighted by molar-refractivity contribution is 0.527. The quantitative estimate of drug-likeness (QED) is 0.236. The minimum absolute atomic E-state index is 0. The van der Waals surface area contributed by atoms with Gasteiger partial charge < -0.3 is 5.48 Å². The first-order chi connectivity index (χ1) is 12.4. The van der Waals surface area contributed by atoms with Crippen LogP contribution in [0.15, 0.2) is 30.3 Å². The van der Waals surface area contributed by atoms with E-state index in [4.69, 9.17) is 0 Å². The van der Waals surface area contributed by atoms with E-state index in [1.54, 1.807) is 0 Å². The molecule has 0 atom stereocenters. The highest BCUT2D eigenvalue weighted by molar-refractivity contribution is 5.14. The van der Waals surface area contributed by atoms with Crippen molar-refractivity contribution in [1.29, 1.82) is 0 Å². The van der Waals surface area contributed by atoms with Crippen molar-refractivity contribution < 1.29 is 5.48 Å². The fourth-order valence-electron chi connectivity index (χ4n) is 3.70. The molecule has 0 bridgehead atoms. The molecule has 0 saturated carbocycles. The summed E-state index contributed by atoms with van der Waals surface area (Å²) in [4.78, 5) is 0. The Kier molecular flexibility index (Phi) is 19.8. The molecule has 152 valence electrons. The van der Waals surface area contributed by atoms with Crippen molar-refractivity contribution in [2.75, 3.05) is 0 Å². The molecule has 0 spiro atoms. The highest BCUT2D eigenvalue weighted by atomic mass is 16.0. The van der Waals surface area contributed by atoms with Crippen LogP contribution in [0.4, 0.5) is 0 Å². The second-order valence-corrected chi connectivity index (χ2v) is 7.89. The SMILES string of the molecule is CCCCCCCCCCCCCCCCCCCc1ccccc1.O. The average molecular weight is 363 g/mol. The minimum atomic E-state index is 0. The van der Waals surface area contributed by atoms with E-state index >= 15 is 0 Å². The predicted molar refractivity (Wildman–Crippen MR) is 118 cm³/mol. The van der Waals surface area contributed by atoms with Crippen LogP contribution in [-0.2, 0) is 6.42 Å². The summed E-state index contributed by atoms with van der Waals surface area (Å²) in [5, 5.41) is 0. The molecule has 0 fully saturated rings. The summed E-state index contributed by atoms with van der Waals surface area (Å²) in [6, 6.07) is 10.9. The van der Waals surface area contributed by atoms with Gasteiger partial charge in [0.25, 0.3) is 0 Å². The fraction of sp³-hybridized carbons (Fsp3) is 0.760. The predicted octanol–water partition coefficient (Wildman–Crippen LogP) is 8.06. The minimum Gasteiger partial charge on any atom is -0.412 e. The fourth-order valence-corrected chi connectivity index (χ4v) is 3.70. The molecule has 0 aliphatic rings. The van der Waals surface area contributed by atoms with Crippen molar-refractivity contribution in [3.63, 3.8) is 0 Å². The number of aryl methyl sites for hydroxylation is 1. The smallest absolute Gasteiger partial charge is 0.0279 e. The highest BCUT2D eigenvalue weighted by Crippen LogP contribution is 2.14. The van der Waals surface area contributed by atoms with Gasteiger partial charge in [-0.3, -0.25) is 0 Å². The first-order valence-corrected chi connectivity index (χ1v) is 11.5. The molecule has 2 N–H and O–H groups in total. The molecule has 0 aromatic heterocycles. The van der Waals surface area contributed by atoms with Crippen LogP contribution in [0.25, 0.3) is 0 Å². The molecular formula is C25H46O. The zero-order chi connectivity index (χ0) is 17.8. The Balaban J connectivity index is 0.00000625. The van der Waals surface area contributed by atoms with E-state index in [0.29, 0.717) is 0 Å². The third-order valence-corrected chi connectivity index (χ3v) is 5.41. The van der Waals surface area contributed by atoms with Gasteiger partial charge >= 0.3 is 0 Å². The number of unbranched alkanes of at least 4 members (excludes halogenated alkanes) is 16. The lowest BCUT2D eigenvalue weighted by Gasteiger charge is -2.04. The van der Waals surface area contributed by atoms with E-state index in [9.17, 15) is 0 Å². The zero-order valence-corrected chi connectivity index (χ0v) is 17.6. The molecule has 0 saturated heterocycles. The molecule has 1 aromatic carbocycles. The Morgan fingerprint density at radius 3 is 1.19 bits per heavy atom. The molecule has 0 unspecified atom stereocenters. The molecule has 0 aliphatic heterocycles. The average Bonchev–Trinajstić information content (AvgIpc) is 2.65. The third-order valence-electron chi connectivity index (χ3n) is 5.41. The largest absolute Gasteiger partial charge is 0.412 e. The normalized spacial score (nSPS) is 10.7. The molecule has 0 amide bonds. The summed E-state index contributed by atoms with van der Waals surface area (Å²) in [5.74, 6) is 0. The van der Waals surface area contributed by atoms with E-state index in [0.717, 1.165) is 0 Å². The number of hydrogen-bond acceptors (Lipinski definition) is 0. The summed E-state index contributed by atoms with van der Waals surface area (Å²) in [7, 11) is 0. The summed E-state index contributed by atoms with van der Waals surface area (Å²) in [5.41, 5.74) is 1.50. The van der Waals surface area contributed by atoms with Crippen LogP contribution in [0.1, 0.15) is 122 Å². The molecule has 1 nitrogen and oxygen atoms in total. The molecule has 0 heterocycles. The Hall–Kier alpha value is -0.820. The summed E-state index contributed by atoms with van der Waals surface area (Å²) in [6.45, 7) is 2.30. The zero-order valence-electron chi connectivity index (χ0n) is 17.6. The van der Waals surface area contributed by atoms with Crippen LogP contribution in [0.5, 0.6) is 0 Å². The van der Waals surface area contributed by atoms with Crippen LogP contribution in [0.2, 0.25) is 0 Å². The second-order valence-electron chi connectivity index (χ2n) is 7.89. The van der Waals surface area contributed by atoms with Gasteiger partial charge in [-0.05, 0) is 18.4 Å². The van der Waals surface area contributed by atoms with Crippen LogP contribution in [0.3, 0.4) is 0 Å². The maximum absolute atomic E-state index is 2.30. The Labute approximate surface area is 164 Å². The number of hydrogen-bond donors (Lipinski definition) is 0. The lowest BCUT2D eigenvalue weighted by Crippen LogP contribution is -1.86. The van der Waals surface area contributed by atoms with Gasteiger partial charge in [-0.25, -0.2) is 0 Å². The lowest BCUT2D eigenvalue weighted by atomic mass is 10.0. The summed E-state index contributed by atoms with van der Waals surface area (Å²) >= 11 is 0. The van der Waals surface area contributed by atoms with Crippen LogP contribution < -0.4 is 0 Å². The maximum atomic E-state index is 2.30. The van der Waals surface area contributed by atoms with Gasteiger partial charge in [-0.15, -0.1) is 0 Å². The van der Waals surface area contributed by atoms with Crippen molar-refractivity contribution in [1.82, 2.24) is 0 Å². The Morgan fingerprint density at radius 1 is 0.462 bits per heavy atom. The molecule has 0 radical (unpaired) electrons. The standard InChI is InChI=1S/C25H44.H2O/c1-2-3-4-5-6-7-8-9-10-11-12-13-14-15-16-17-19-22-25-23-20-18-21-24-25;/h18,20-21,23-24H,2-17,19,22H2,1H3;1H2. The van der Waals surface area contributed by atoms with Gasteiger partial charge in [-0.2, -0.15) is 0 Å². The van der Waals surface area contributed by atoms with Gasteiger partial charge in [0.1, 0.15) is 0 Å². The van der Waals surface area contributed by atoms with Crippen molar-refractivity contribution >= 4 is 0 Å². The summed E-state index contributed by atoms with van der Waals surface area (Å²) < 4.78 is 0. The van der Waals surface area contributed by atoms with Gasteiger partial charge in [0, 0.05) is 0 Å². The van der Waals surface area contributed by atoms with Crippen molar-refractivity contribution in [2.45, 2.75) is 122 Å². The van der Waals surface area contributed by atoms with Crippen molar-refractivity contribution in [3.8, 4) is 0 Å². The highest BCUT2D eigenvalue weighted by Gasteiger charge is 1.95. The molecule has 1 aromatic rings. The van der Waals surface area contributed by atoms with Crippen LogP contribution >= 0.6 is 0 Å². The van der Waals surface area contributed by atoms with Gasteiger partial charge in [0.2, 0.25) is 0 Å². The maximum Gasteiger partial charge on any atom is -0.0279 e. The van der Waals surface area contributed by atoms with E-state index in [1.807, 2.05) is 0 Å². The first-order valence-electron chi connectivity index (χ1n) is 11.5. The van der Waals surface area contributed by atoms with E-state index < -0.39 is 0 Å². The molecule has 0 aliphatic carbocycles. The molecule has 1 heteroatoms. The molecule has 26 heavy (non-hydrogen) atoms. The van der Waals surface area contributed by atoms with Gasteiger partial charge in [0.05, 0.1) is 0 Å². The van der Waals surface area contributed by atoms with Crippen molar-refractivity contribution in [3.05, 3.63) is 35.9 Å². The van der Waals surface area contributed by atoms with E-state index in [-0.39, 0.29) is 5.48 Å². The number of benzene rings is 1. The second kappa shape index (κ2) is 20.5. The van der Waals surface area contributed by atoms with E-state index in [1.165, 1.54) is 121 Å². The monoisotopic (exact) mass is 362 g/mol. The van der Waals surface area contributed by atoms with Crippen molar-refractivity contribution in [2.24, 2.45) is 0 Å². The first kappa shape index (κ1) is 25.2. The Morgan fingerprint density at radius 2 is 0.808 bits per heavy atom. The van der Waals surface area contributed by atoms with Gasteiger partial charge in [-0.1, -0.05) is 140 Å². The molecular weight excluding hydrogens is 316 g/mol.